The van der Waals surface area contributed by atoms with Crippen LogP contribution in [0.3, 0.4) is 0 Å². The largest absolute Gasteiger partial charge is 0.465 e. The number of ether oxygens (including phenoxy) is 1. The van der Waals surface area contributed by atoms with Gasteiger partial charge in [-0.1, -0.05) is 62.4 Å². The van der Waals surface area contributed by atoms with E-state index in [0.717, 1.165) is 37.7 Å². The Morgan fingerprint density at radius 1 is 1.12 bits per heavy atom. The van der Waals surface area contributed by atoms with Crippen LogP contribution in [0.15, 0.2) is 30.3 Å². The summed E-state index contributed by atoms with van der Waals surface area (Å²) in [7, 11) is 0. The number of hydrogen-bond donors (Lipinski definition) is 3. The number of nitrogens with one attached hydrogen (secondary N) is 2. The molecule has 1 aliphatic carbocycles. The van der Waals surface area contributed by atoms with Crippen molar-refractivity contribution in [2.45, 2.75) is 69.6 Å². The first-order valence-corrected chi connectivity index (χ1v) is 12.2. The molecule has 3 N–H and O–H groups in total. The van der Waals surface area contributed by atoms with Crippen molar-refractivity contribution in [1.29, 1.82) is 0 Å². The number of hydrogen-bond acceptors (Lipinski definition) is 5. The predicted molar refractivity (Wildman–Crippen MR) is 125 cm³/mol. The summed E-state index contributed by atoms with van der Waals surface area (Å²) >= 11 is 0. The van der Waals surface area contributed by atoms with Gasteiger partial charge in [0.1, 0.15) is 18.4 Å². The Morgan fingerprint density at radius 2 is 1.85 bits per heavy atom. The maximum Gasteiger partial charge on any atom is 0.405 e. The highest BCUT2D eigenvalue weighted by atomic mass is 16.5. The predicted octanol–water partition coefficient (Wildman–Crippen LogP) is 2.66. The first kappa shape index (κ1) is 25.7. The molecular formula is C25H35N3O6. The van der Waals surface area contributed by atoms with Gasteiger partial charge in [-0.25, -0.2) is 4.79 Å². The van der Waals surface area contributed by atoms with Crippen LogP contribution in [0.2, 0.25) is 0 Å². The van der Waals surface area contributed by atoms with E-state index >= 15 is 0 Å². The van der Waals surface area contributed by atoms with Crippen molar-refractivity contribution < 1.29 is 29.0 Å². The summed E-state index contributed by atoms with van der Waals surface area (Å²) in [6, 6.07) is 7.94. The second-order valence-electron chi connectivity index (χ2n) is 9.14. The van der Waals surface area contributed by atoms with Crippen LogP contribution in [0.5, 0.6) is 0 Å². The van der Waals surface area contributed by atoms with Crippen molar-refractivity contribution in [2.75, 3.05) is 19.7 Å². The molecule has 0 aromatic heterocycles. The Hall–Kier alpha value is -2.94. The molecule has 1 aromatic rings. The summed E-state index contributed by atoms with van der Waals surface area (Å²) in [5.74, 6) is -0.340. The van der Waals surface area contributed by atoms with Crippen LogP contribution in [0.4, 0.5) is 4.79 Å². The molecule has 1 unspecified atom stereocenters. The molecule has 2 fully saturated rings. The van der Waals surface area contributed by atoms with E-state index < -0.39 is 24.1 Å². The van der Waals surface area contributed by atoms with Crippen LogP contribution in [0.25, 0.3) is 0 Å². The fourth-order valence-electron chi connectivity index (χ4n) is 4.78. The zero-order valence-electron chi connectivity index (χ0n) is 19.5. The quantitative estimate of drug-likeness (QED) is 0.449. The molecule has 186 valence electrons. The van der Waals surface area contributed by atoms with Crippen LogP contribution in [-0.2, 0) is 19.1 Å². The van der Waals surface area contributed by atoms with Crippen LogP contribution in [0, 0.1) is 5.92 Å². The van der Waals surface area contributed by atoms with Crippen molar-refractivity contribution in [3.8, 4) is 0 Å². The number of nitrogens with zero attached hydrogens (tertiary/aromatic N) is 1. The van der Waals surface area contributed by atoms with Gasteiger partial charge in [0.05, 0.1) is 19.2 Å². The highest BCUT2D eigenvalue weighted by molar-refractivity contribution is 5.87. The van der Waals surface area contributed by atoms with E-state index in [2.05, 4.69) is 10.6 Å². The number of aldehydes is 1. The molecule has 0 radical (unpaired) electrons. The molecule has 9 heteroatoms. The second kappa shape index (κ2) is 13.1. The van der Waals surface area contributed by atoms with Crippen LogP contribution in [-0.4, -0.2) is 66.0 Å². The molecule has 1 saturated carbocycles. The third-order valence-corrected chi connectivity index (χ3v) is 6.66. The van der Waals surface area contributed by atoms with E-state index in [1.54, 1.807) is 4.90 Å². The van der Waals surface area contributed by atoms with Gasteiger partial charge in [0.15, 0.2) is 0 Å². The van der Waals surface area contributed by atoms with Gasteiger partial charge in [0.25, 0.3) is 0 Å². The minimum absolute atomic E-state index is 0.102. The SMILES string of the molecule is O=C[C@H](CCC(=O)N1CCOC(c2ccccc2)C1)NC(=O)[C@H](CC1CCCCC1)NC(=O)O. The molecule has 34 heavy (non-hydrogen) atoms. The van der Waals surface area contributed by atoms with E-state index in [-0.39, 0.29) is 30.8 Å². The van der Waals surface area contributed by atoms with Gasteiger partial charge in [-0.05, 0) is 24.3 Å². The standard InChI is InChI=1S/C25H35N3O6/c29-17-20(26-24(31)21(27-25(32)33)15-18-7-3-1-4-8-18)11-12-23(30)28-13-14-34-22(16-28)19-9-5-2-6-10-19/h2,5-6,9-10,17-18,20-22,27H,1,3-4,7-8,11-16H2,(H,26,31)(H,32,33)/t20-,21-,22?/m0/s1. The Bertz CT molecular complexity index is 827. The number of morpholine rings is 1. The lowest BCUT2D eigenvalue weighted by Crippen LogP contribution is -2.51. The third kappa shape index (κ3) is 7.83. The van der Waals surface area contributed by atoms with Crippen LogP contribution >= 0.6 is 0 Å². The molecule has 1 heterocycles. The van der Waals surface area contributed by atoms with Gasteiger partial charge in [0, 0.05) is 13.0 Å². The maximum atomic E-state index is 12.8. The molecule has 9 nitrogen and oxygen atoms in total. The smallest absolute Gasteiger partial charge is 0.405 e. The number of carbonyl (C=O) groups excluding carboxylic acids is 3. The lowest BCUT2D eigenvalue weighted by atomic mass is 9.84. The first-order chi connectivity index (χ1) is 16.5. The summed E-state index contributed by atoms with van der Waals surface area (Å²) in [5, 5.41) is 14.1. The van der Waals surface area contributed by atoms with Gasteiger partial charge in [0.2, 0.25) is 11.8 Å². The van der Waals surface area contributed by atoms with E-state index in [0.29, 0.717) is 32.4 Å². The van der Waals surface area contributed by atoms with Crippen molar-refractivity contribution in [1.82, 2.24) is 15.5 Å². The summed E-state index contributed by atoms with van der Waals surface area (Å²) in [5.41, 5.74) is 1.01. The Morgan fingerprint density at radius 3 is 2.53 bits per heavy atom. The second-order valence-corrected chi connectivity index (χ2v) is 9.14. The maximum absolute atomic E-state index is 12.8. The van der Waals surface area contributed by atoms with E-state index in [1.807, 2.05) is 30.3 Å². The van der Waals surface area contributed by atoms with Crippen LogP contribution in [0.1, 0.15) is 63.0 Å². The van der Waals surface area contributed by atoms with Crippen molar-refractivity contribution in [3.63, 3.8) is 0 Å². The Balaban J connectivity index is 1.50. The van der Waals surface area contributed by atoms with E-state index in [1.165, 1.54) is 0 Å². The lowest BCUT2D eigenvalue weighted by molar-refractivity contribution is -0.139. The lowest BCUT2D eigenvalue weighted by Gasteiger charge is -2.33. The fraction of sp³-hybridized carbons (Fsp3) is 0.600. The summed E-state index contributed by atoms with van der Waals surface area (Å²) < 4.78 is 5.80. The van der Waals surface area contributed by atoms with Gasteiger partial charge in [-0.2, -0.15) is 0 Å². The van der Waals surface area contributed by atoms with Gasteiger partial charge in [-0.3, -0.25) is 9.59 Å². The summed E-state index contributed by atoms with van der Waals surface area (Å²) in [4.78, 5) is 50.1. The number of amides is 3. The first-order valence-electron chi connectivity index (χ1n) is 12.2. The topological polar surface area (TPSA) is 125 Å². The number of benzene rings is 1. The Labute approximate surface area is 200 Å². The van der Waals surface area contributed by atoms with Gasteiger partial charge in [-0.15, -0.1) is 0 Å². The van der Waals surface area contributed by atoms with Crippen molar-refractivity contribution >= 4 is 24.2 Å². The normalized spacial score (nSPS) is 20.7. The van der Waals surface area contributed by atoms with E-state index in [4.69, 9.17) is 9.84 Å². The average Bonchev–Trinajstić information content (AvgIpc) is 2.86. The third-order valence-electron chi connectivity index (χ3n) is 6.66. The molecule has 3 atom stereocenters. The molecule has 1 aromatic carbocycles. The number of rotatable bonds is 10. The average molecular weight is 474 g/mol. The highest BCUT2D eigenvalue weighted by Crippen LogP contribution is 2.27. The zero-order valence-corrected chi connectivity index (χ0v) is 19.5. The Kier molecular flexibility index (Phi) is 9.88. The van der Waals surface area contributed by atoms with Crippen LogP contribution < -0.4 is 10.6 Å². The fourth-order valence-corrected chi connectivity index (χ4v) is 4.78. The molecule has 1 saturated heterocycles. The molecule has 1 aliphatic heterocycles. The van der Waals surface area contributed by atoms with Crippen molar-refractivity contribution in [2.24, 2.45) is 5.92 Å². The molecule has 2 aliphatic rings. The highest BCUT2D eigenvalue weighted by Gasteiger charge is 2.29. The monoisotopic (exact) mass is 473 g/mol. The van der Waals surface area contributed by atoms with Gasteiger partial charge >= 0.3 is 6.09 Å². The number of carbonyl (C=O) groups is 4. The number of carboxylic acid groups (broad SMARTS) is 1. The molecule has 0 bridgehead atoms. The summed E-state index contributed by atoms with van der Waals surface area (Å²) in [6.07, 6.45) is 5.09. The molecule has 3 amide bonds. The van der Waals surface area contributed by atoms with Crippen molar-refractivity contribution in [3.05, 3.63) is 35.9 Å². The molecular weight excluding hydrogens is 438 g/mol. The minimum atomic E-state index is -1.27. The zero-order chi connectivity index (χ0) is 24.3. The van der Waals surface area contributed by atoms with E-state index in [9.17, 15) is 19.2 Å². The van der Waals surface area contributed by atoms with Gasteiger partial charge < -0.3 is 30.2 Å². The molecule has 0 spiro atoms. The molecule has 3 rings (SSSR count). The summed E-state index contributed by atoms with van der Waals surface area (Å²) in [6.45, 7) is 1.35. The minimum Gasteiger partial charge on any atom is -0.465 e.